The Labute approximate surface area is 125 Å². The highest BCUT2D eigenvalue weighted by Crippen LogP contribution is 2.32. The van der Waals surface area contributed by atoms with Crippen molar-refractivity contribution in [2.75, 3.05) is 12.4 Å². The van der Waals surface area contributed by atoms with Crippen molar-refractivity contribution in [3.63, 3.8) is 0 Å². The fourth-order valence-electron chi connectivity index (χ4n) is 3.07. The maximum atomic E-state index is 11.2. The second-order valence-electron chi connectivity index (χ2n) is 5.54. The Hall–Kier alpha value is -1.85. The summed E-state index contributed by atoms with van der Waals surface area (Å²) in [6.07, 6.45) is 7.09. The van der Waals surface area contributed by atoms with Crippen LogP contribution in [0.1, 0.15) is 45.4 Å². The van der Waals surface area contributed by atoms with Crippen LogP contribution in [0.25, 0.3) is 0 Å². The van der Waals surface area contributed by atoms with Crippen molar-refractivity contribution < 1.29 is 9.66 Å². The molecule has 21 heavy (non-hydrogen) atoms. The van der Waals surface area contributed by atoms with Crippen LogP contribution in [0.2, 0.25) is 0 Å². The molecule has 1 saturated carbocycles. The molecule has 0 aliphatic heterocycles. The highest BCUT2D eigenvalue weighted by Gasteiger charge is 2.25. The number of pyridine rings is 1. The summed E-state index contributed by atoms with van der Waals surface area (Å²) in [5.74, 6) is 1.27. The van der Waals surface area contributed by atoms with Crippen molar-refractivity contribution in [2.24, 2.45) is 5.92 Å². The van der Waals surface area contributed by atoms with Crippen molar-refractivity contribution in [3.05, 3.63) is 22.2 Å². The van der Waals surface area contributed by atoms with Gasteiger partial charge in [-0.05, 0) is 25.2 Å². The third-order valence-corrected chi connectivity index (χ3v) is 4.24. The van der Waals surface area contributed by atoms with Gasteiger partial charge in [-0.2, -0.15) is 4.98 Å². The normalized spacial score (nSPS) is 17.2. The van der Waals surface area contributed by atoms with Gasteiger partial charge in [0.05, 0.1) is 12.0 Å². The lowest BCUT2D eigenvalue weighted by Gasteiger charge is -2.30. The quantitative estimate of drug-likeness (QED) is 0.638. The van der Waals surface area contributed by atoms with Crippen molar-refractivity contribution in [3.8, 4) is 5.88 Å². The maximum Gasteiger partial charge on any atom is 0.311 e. The average Bonchev–Trinajstić information content (AvgIpc) is 2.53. The van der Waals surface area contributed by atoms with E-state index in [0.29, 0.717) is 17.6 Å². The molecule has 1 aromatic heterocycles. The van der Waals surface area contributed by atoms with Gasteiger partial charge in [-0.15, -0.1) is 0 Å². The molecule has 1 unspecified atom stereocenters. The minimum Gasteiger partial charge on any atom is -0.481 e. The minimum absolute atomic E-state index is 0.00468. The van der Waals surface area contributed by atoms with Crippen LogP contribution in [0.15, 0.2) is 12.1 Å². The van der Waals surface area contributed by atoms with Crippen LogP contribution in [0.5, 0.6) is 5.88 Å². The number of ether oxygens (including phenoxy) is 1. The fourth-order valence-corrected chi connectivity index (χ4v) is 3.07. The Balaban J connectivity index is 2.20. The summed E-state index contributed by atoms with van der Waals surface area (Å²) in [5.41, 5.74) is 0.00468. The molecule has 0 amide bonds. The molecule has 116 valence electrons. The third-order valence-electron chi connectivity index (χ3n) is 4.24. The standard InChI is InChI=1S/C15H23N3O3/c1-3-12(11-7-5-4-6-8-11)16-15-13(18(19)20)9-10-14(17-15)21-2/h9-12H,3-8H2,1-2H3,(H,16,17). The molecular weight excluding hydrogens is 270 g/mol. The molecule has 1 N–H and O–H groups in total. The summed E-state index contributed by atoms with van der Waals surface area (Å²) < 4.78 is 5.08. The van der Waals surface area contributed by atoms with E-state index in [9.17, 15) is 10.1 Å². The van der Waals surface area contributed by atoms with Crippen LogP contribution in [-0.4, -0.2) is 23.1 Å². The predicted octanol–water partition coefficient (Wildman–Crippen LogP) is 3.77. The summed E-state index contributed by atoms with van der Waals surface area (Å²) in [4.78, 5) is 15.0. The van der Waals surface area contributed by atoms with E-state index >= 15 is 0 Å². The largest absolute Gasteiger partial charge is 0.481 e. The summed E-state index contributed by atoms with van der Waals surface area (Å²) in [5, 5.41) is 14.4. The van der Waals surface area contributed by atoms with Gasteiger partial charge in [-0.25, -0.2) is 0 Å². The smallest absolute Gasteiger partial charge is 0.311 e. The molecule has 1 heterocycles. The lowest BCUT2D eigenvalue weighted by molar-refractivity contribution is -0.384. The second-order valence-corrected chi connectivity index (χ2v) is 5.54. The van der Waals surface area contributed by atoms with Gasteiger partial charge in [0.1, 0.15) is 0 Å². The van der Waals surface area contributed by atoms with Crippen LogP contribution in [0.3, 0.4) is 0 Å². The van der Waals surface area contributed by atoms with E-state index in [2.05, 4.69) is 17.2 Å². The van der Waals surface area contributed by atoms with Crippen LogP contribution in [0.4, 0.5) is 11.5 Å². The van der Waals surface area contributed by atoms with Crippen molar-refractivity contribution in [1.29, 1.82) is 0 Å². The van der Waals surface area contributed by atoms with E-state index in [-0.39, 0.29) is 11.7 Å². The maximum absolute atomic E-state index is 11.2. The summed E-state index contributed by atoms with van der Waals surface area (Å²) in [7, 11) is 1.51. The van der Waals surface area contributed by atoms with Gasteiger partial charge in [0, 0.05) is 18.2 Å². The zero-order valence-electron chi connectivity index (χ0n) is 12.7. The molecule has 1 aromatic rings. The second kappa shape index (κ2) is 7.24. The van der Waals surface area contributed by atoms with Gasteiger partial charge < -0.3 is 10.1 Å². The van der Waals surface area contributed by atoms with Crippen LogP contribution >= 0.6 is 0 Å². The van der Waals surface area contributed by atoms with Crippen molar-refractivity contribution in [2.45, 2.75) is 51.5 Å². The summed E-state index contributed by atoms with van der Waals surface area (Å²) >= 11 is 0. The summed E-state index contributed by atoms with van der Waals surface area (Å²) in [6.45, 7) is 2.11. The molecule has 6 nitrogen and oxygen atoms in total. The number of rotatable bonds is 6. The number of aromatic nitrogens is 1. The monoisotopic (exact) mass is 293 g/mol. The predicted molar refractivity (Wildman–Crippen MR) is 81.7 cm³/mol. The zero-order chi connectivity index (χ0) is 15.2. The number of hydrogen-bond donors (Lipinski definition) is 1. The molecule has 0 bridgehead atoms. The lowest BCUT2D eigenvalue weighted by atomic mass is 9.83. The minimum atomic E-state index is -0.400. The molecule has 1 atom stereocenters. The first-order chi connectivity index (χ1) is 10.2. The number of nitrogens with zero attached hydrogens (tertiary/aromatic N) is 2. The molecular formula is C15H23N3O3. The molecule has 2 rings (SSSR count). The topological polar surface area (TPSA) is 77.3 Å². The van der Waals surface area contributed by atoms with Crippen molar-refractivity contribution >= 4 is 11.5 Å². The molecule has 1 aliphatic rings. The number of anilines is 1. The number of methoxy groups -OCH3 is 1. The van der Waals surface area contributed by atoms with Gasteiger partial charge in [-0.3, -0.25) is 10.1 Å². The third kappa shape index (κ3) is 3.83. The highest BCUT2D eigenvalue weighted by molar-refractivity contribution is 5.57. The molecule has 1 aliphatic carbocycles. The first-order valence-electron chi connectivity index (χ1n) is 7.61. The van der Waals surface area contributed by atoms with E-state index in [1.54, 1.807) is 0 Å². The first-order valence-corrected chi connectivity index (χ1v) is 7.61. The molecule has 0 spiro atoms. The SMILES string of the molecule is CCC(Nc1nc(OC)ccc1[N+](=O)[O-])C1CCCCC1. The summed E-state index contributed by atoms with van der Waals surface area (Å²) in [6, 6.07) is 3.19. The molecule has 6 heteroatoms. The molecule has 1 fully saturated rings. The van der Waals surface area contributed by atoms with E-state index in [1.165, 1.54) is 51.3 Å². The number of nitrogens with one attached hydrogen (secondary N) is 1. The Morgan fingerprint density at radius 2 is 2.14 bits per heavy atom. The Morgan fingerprint density at radius 3 is 2.71 bits per heavy atom. The Kier molecular flexibility index (Phi) is 5.36. The number of nitro groups is 1. The molecule has 0 radical (unpaired) electrons. The lowest BCUT2D eigenvalue weighted by Crippen LogP contribution is -2.30. The van der Waals surface area contributed by atoms with E-state index in [4.69, 9.17) is 4.74 Å². The average molecular weight is 293 g/mol. The first kappa shape index (κ1) is 15.5. The Morgan fingerprint density at radius 1 is 1.43 bits per heavy atom. The van der Waals surface area contributed by atoms with Gasteiger partial charge in [0.25, 0.3) is 0 Å². The van der Waals surface area contributed by atoms with Crippen LogP contribution < -0.4 is 10.1 Å². The van der Waals surface area contributed by atoms with Gasteiger partial charge in [0.15, 0.2) is 0 Å². The molecule has 0 aromatic carbocycles. The molecule has 0 saturated heterocycles. The van der Waals surface area contributed by atoms with E-state index < -0.39 is 4.92 Å². The Bertz CT molecular complexity index is 487. The van der Waals surface area contributed by atoms with Gasteiger partial charge >= 0.3 is 5.69 Å². The van der Waals surface area contributed by atoms with E-state index in [1.807, 2.05) is 0 Å². The van der Waals surface area contributed by atoms with Crippen LogP contribution in [0, 0.1) is 16.0 Å². The van der Waals surface area contributed by atoms with Gasteiger partial charge in [0.2, 0.25) is 11.7 Å². The number of hydrogen-bond acceptors (Lipinski definition) is 5. The highest BCUT2D eigenvalue weighted by atomic mass is 16.6. The van der Waals surface area contributed by atoms with Gasteiger partial charge in [-0.1, -0.05) is 26.2 Å². The van der Waals surface area contributed by atoms with Crippen LogP contribution in [-0.2, 0) is 0 Å². The van der Waals surface area contributed by atoms with Crippen molar-refractivity contribution in [1.82, 2.24) is 4.98 Å². The fraction of sp³-hybridized carbons (Fsp3) is 0.667. The zero-order valence-corrected chi connectivity index (χ0v) is 12.7. The van der Waals surface area contributed by atoms with E-state index in [0.717, 1.165) is 6.42 Å².